The molecule has 1 aliphatic carbocycles. The molecule has 1 heterocycles. The lowest BCUT2D eigenvalue weighted by molar-refractivity contribution is -0.144. The molecule has 1 saturated carbocycles. The second-order valence-electron chi connectivity index (χ2n) is 6.66. The lowest BCUT2D eigenvalue weighted by Crippen LogP contribution is -2.52. The highest BCUT2D eigenvalue weighted by molar-refractivity contribution is 6.07. The van der Waals surface area contributed by atoms with Crippen molar-refractivity contribution >= 4 is 23.8 Å². The maximum atomic E-state index is 12.6. The first-order valence-corrected chi connectivity index (χ1v) is 8.07. The molecule has 1 aromatic rings. The Labute approximate surface area is 144 Å². The summed E-state index contributed by atoms with van der Waals surface area (Å²) in [5.41, 5.74) is -1.83. The molecule has 4 N–H and O–H groups in total. The van der Waals surface area contributed by atoms with Gasteiger partial charge < -0.3 is 15.7 Å². The van der Waals surface area contributed by atoms with Crippen LogP contribution in [0.1, 0.15) is 48.5 Å². The van der Waals surface area contributed by atoms with Crippen molar-refractivity contribution in [1.82, 2.24) is 16.0 Å². The van der Waals surface area contributed by atoms with E-state index < -0.39 is 34.9 Å². The smallest absolute Gasteiger partial charge is 0.329 e. The van der Waals surface area contributed by atoms with Crippen LogP contribution in [0.15, 0.2) is 24.3 Å². The van der Waals surface area contributed by atoms with Gasteiger partial charge in [-0.1, -0.05) is 25.0 Å². The molecule has 1 aromatic carbocycles. The van der Waals surface area contributed by atoms with E-state index >= 15 is 0 Å². The van der Waals surface area contributed by atoms with Crippen molar-refractivity contribution in [2.24, 2.45) is 0 Å². The van der Waals surface area contributed by atoms with E-state index in [1.807, 2.05) is 0 Å². The van der Waals surface area contributed by atoms with Gasteiger partial charge in [0, 0.05) is 5.56 Å². The minimum absolute atomic E-state index is 0.236. The maximum absolute atomic E-state index is 12.6. The zero-order valence-corrected chi connectivity index (χ0v) is 13.7. The van der Waals surface area contributed by atoms with E-state index in [1.54, 1.807) is 25.1 Å². The van der Waals surface area contributed by atoms with Gasteiger partial charge in [0.1, 0.15) is 11.1 Å². The van der Waals surface area contributed by atoms with E-state index in [0.29, 0.717) is 18.4 Å². The number of carboxylic acids is 1. The van der Waals surface area contributed by atoms with E-state index in [2.05, 4.69) is 16.0 Å². The normalized spacial score (nSPS) is 24.5. The molecule has 2 fully saturated rings. The van der Waals surface area contributed by atoms with Gasteiger partial charge in [-0.25, -0.2) is 9.59 Å². The standard InChI is InChI=1S/C17H19N3O5/c1-16(13(22)18-15(25)20-16)11-6-4-5-10(9-11)12(21)19-17(14(23)24)7-2-3-8-17/h4-6,9H,2-3,7-8H2,1H3,(H,19,21)(H,23,24)(H2,18,20,22,25). The molecular formula is C17H19N3O5. The monoisotopic (exact) mass is 345 g/mol. The molecule has 1 saturated heterocycles. The molecule has 132 valence electrons. The lowest BCUT2D eigenvalue weighted by Gasteiger charge is -2.26. The molecule has 1 aliphatic heterocycles. The van der Waals surface area contributed by atoms with Crippen LogP contribution in [-0.4, -0.2) is 34.5 Å². The summed E-state index contributed by atoms with van der Waals surface area (Å²) in [6, 6.07) is 5.66. The minimum atomic E-state index is -1.27. The van der Waals surface area contributed by atoms with E-state index in [-0.39, 0.29) is 5.56 Å². The van der Waals surface area contributed by atoms with Gasteiger partial charge in [-0.3, -0.25) is 14.9 Å². The molecule has 8 nitrogen and oxygen atoms in total. The molecule has 4 amide bonds. The number of carboxylic acid groups (broad SMARTS) is 1. The zero-order valence-electron chi connectivity index (χ0n) is 13.7. The van der Waals surface area contributed by atoms with Crippen LogP contribution < -0.4 is 16.0 Å². The Kier molecular flexibility index (Phi) is 3.98. The van der Waals surface area contributed by atoms with E-state index in [4.69, 9.17) is 0 Å². The summed E-state index contributed by atoms with van der Waals surface area (Å²) < 4.78 is 0. The quantitative estimate of drug-likeness (QED) is 0.603. The highest BCUT2D eigenvalue weighted by Crippen LogP contribution is 2.31. The third-order valence-electron chi connectivity index (χ3n) is 4.97. The molecular weight excluding hydrogens is 326 g/mol. The first-order chi connectivity index (χ1) is 11.8. The lowest BCUT2D eigenvalue weighted by atomic mass is 9.90. The van der Waals surface area contributed by atoms with Crippen molar-refractivity contribution in [2.45, 2.75) is 43.7 Å². The average Bonchev–Trinajstić information content (AvgIpc) is 3.14. The summed E-state index contributed by atoms with van der Waals surface area (Å²) in [6.07, 6.45) is 2.28. The Hall–Kier alpha value is -2.90. The van der Waals surface area contributed by atoms with Gasteiger partial charge in [0.15, 0.2) is 0 Å². The number of hydrogen-bond donors (Lipinski definition) is 4. The van der Waals surface area contributed by atoms with Crippen molar-refractivity contribution in [2.75, 3.05) is 0 Å². The number of aliphatic carboxylic acids is 1. The molecule has 2 aliphatic rings. The molecule has 3 rings (SSSR count). The zero-order chi connectivity index (χ0) is 18.2. The van der Waals surface area contributed by atoms with Crippen LogP contribution in [0, 0.1) is 0 Å². The number of benzene rings is 1. The minimum Gasteiger partial charge on any atom is -0.480 e. The second kappa shape index (κ2) is 5.87. The highest BCUT2D eigenvalue weighted by Gasteiger charge is 2.45. The van der Waals surface area contributed by atoms with E-state index in [0.717, 1.165) is 12.8 Å². The van der Waals surface area contributed by atoms with Crippen LogP contribution in [0.3, 0.4) is 0 Å². The number of urea groups is 1. The predicted molar refractivity (Wildman–Crippen MR) is 86.8 cm³/mol. The van der Waals surface area contributed by atoms with Crippen molar-refractivity contribution in [3.63, 3.8) is 0 Å². The van der Waals surface area contributed by atoms with Crippen molar-refractivity contribution in [3.05, 3.63) is 35.4 Å². The number of nitrogens with one attached hydrogen (secondary N) is 3. The van der Waals surface area contributed by atoms with Crippen LogP contribution in [0.4, 0.5) is 4.79 Å². The fraction of sp³-hybridized carbons (Fsp3) is 0.412. The van der Waals surface area contributed by atoms with E-state index in [1.165, 1.54) is 6.07 Å². The largest absolute Gasteiger partial charge is 0.480 e. The maximum Gasteiger partial charge on any atom is 0.329 e. The molecule has 8 heteroatoms. The molecule has 0 radical (unpaired) electrons. The first-order valence-electron chi connectivity index (χ1n) is 8.07. The third-order valence-corrected chi connectivity index (χ3v) is 4.97. The van der Waals surface area contributed by atoms with Gasteiger partial charge in [-0.05, 0) is 37.5 Å². The van der Waals surface area contributed by atoms with Gasteiger partial charge in [0.2, 0.25) is 0 Å². The topological polar surface area (TPSA) is 125 Å². The van der Waals surface area contributed by atoms with Crippen LogP contribution in [0.2, 0.25) is 0 Å². The summed E-state index contributed by atoms with van der Waals surface area (Å²) >= 11 is 0. The number of carbonyl (C=O) groups is 4. The Morgan fingerprint density at radius 3 is 2.44 bits per heavy atom. The van der Waals surface area contributed by atoms with Gasteiger partial charge >= 0.3 is 12.0 Å². The summed E-state index contributed by atoms with van der Waals surface area (Å²) in [5.74, 6) is -2.06. The van der Waals surface area contributed by atoms with Crippen LogP contribution in [0.5, 0.6) is 0 Å². The summed E-state index contributed by atoms with van der Waals surface area (Å²) in [6.45, 7) is 1.54. The Bertz CT molecular complexity index is 769. The molecule has 25 heavy (non-hydrogen) atoms. The SMILES string of the molecule is CC1(c2cccc(C(=O)NC3(C(=O)O)CCCC3)c2)NC(=O)NC1=O. The number of amides is 4. The second-order valence-corrected chi connectivity index (χ2v) is 6.66. The van der Waals surface area contributed by atoms with Crippen molar-refractivity contribution < 1.29 is 24.3 Å². The first kappa shape index (κ1) is 16.9. The summed E-state index contributed by atoms with van der Waals surface area (Å²) in [7, 11) is 0. The molecule has 0 aromatic heterocycles. The Morgan fingerprint density at radius 2 is 1.88 bits per heavy atom. The van der Waals surface area contributed by atoms with Crippen molar-refractivity contribution in [1.29, 1.82) is 0 Å². The van der Waals surface area contributed by atoms with Crippen LogP contribution in [-0.2, 0) is 15.1 Å². The summed E-state index contributed by atoms with van der Waals surface area (Å²) in [4.78, 5) is 47.6. The number of imide groups is 1. The Morgan fingerprint density at radius 1 is 1.20 bits per heavy atom. The molecule has 0 spiro atoms. The fourth-order valence-corrected chi connectivity index (χ4v) is 3.38. The predicted octanol–water partition coefficient (Wildman–Crippen LogP) is 0.868. The van der Waals surface area contributed by atoms with E-state index in [9.17, 15) is 24.3 Å². The van der Waals surface area contributed by atoms with Crippen molar-refractivity contribution in [3.8, 4) is 0 Å². The van der Waals surface area contributed by atoms with Crippen LogP contribution in [0.25, 0.3) is 0 Å². The Balaban J connectivity index is 1.87. The van der Waals surface area contributed by atoms with Gasteiger partial charge in [0.25, 0.3) is 11.8 Å². The fourth-order valence-electron chi connectivity index (χ4n) is 3.38. The van der Waals surface area contributed by atoms with Gasteiger partial charge in [-0.2, -0.15) is 0 Å². The number of carbonyl (C=O) groups excluding carboxylic acids is 3. The van der Waals surface area contributed by atoms with Gasteiger partial charge in [-0.15, -0.1) is 0 Å². The average molecular weight is 345 g/mol. The summed E-state index contributed by atoms with van der Waals surface area (Å²) in [5, 5.41) is 16.8. The van der Waals surface area contributed by atoms with Gasteiger partial charge in [0.05, 0.1) is 0 Å². The molecule has 1 atom stereocenters. The third kappa shape index (κ3) is 2.84. The number of rotatable bonds is 4. The number of hydrogen-bond acceptors (Lipinski definition) is 4. The molecule has 0 bridgehead atoms. The van der Waals surface area contributed by atoms with Crippen LogP contribution >= 0.6 is 0 Å². The highest BCUT2D eigenvalue weighted by atomic mass is 16.4. The molecule has 1 unspecified atom stereocenters.